The van der Waals surface area contributed by atoms with E-state index in [4.69, 9.17) is 16.3 Å². The van der Waals surface area contributed by atoms with Gasteiger partial charge in [0.05, 0.1) is 24.3 Å². The van der Waals surface area contributed by atoms with Crippen LogP contribution in [0.2, 0.25) is 5.02 Å². The van der Waals surface area contributed by atoms with E-state index in [-0.39, 0.29) is 16.6 Å². The lowest BCUT2D eigenvalue weighted by molar-refractivity contribution is 0.0757. The molecule has 1 aliphatic heterocycles. The van der Waals surface area contributed by atoms with Crippen molar-refractivity contribution in [1.29, 1.82) is 0 Å². The van der Waals surface area contributed by atoms with Gasteiger partial charge in [-0.25, -0.2) is 8.78 Å². The van der Waals surface area contributed by atoms with Crippen molar-refractivity contribution in [2.45, 2.75) is 6.04 Å². The molecular formula is C10H10ClF2NO. The van der Waals surface area contributed by atoms with Crippen LogP contribution in [0.3, 0.4) is 0 Å². The number of rotatable bonds is 1. The summed E-state index contributed by atoms with van der Waals surface area (Å²) >= 11 is 5.72. The van der Waals surface area contributed by atoms with Gasteiger partial charge in [-0.3, -0.25) is 0 Å². The van der Waals surface area contributed by atoms with Crippen molar-refractivity contribution < 1.29 is 13.5 Å². The molecule has 0 saturated carbocycles. The summed E-state index contributed by atoms with van der Waals surface area (Å²) in [5.74, 6) is -1.12. The zero-order chi connectivity index (χ0) is 10.8. The first-order chi connectivity index (χ1) is 7.20. The van der Waals surface area contributed by atoms with Gasteiger partial charge >= 0.3 is 0 Å². The molecule has 0 aromatic heterocycles. The highest BCUT2D eigenvalue weighted by Gasteiger charge is 2.23. The third kappa shape index (κ3) is 2.12. The summed E-state index contributed by atoms with van der Waals surface area (Å²) in [6.07, 6.45) is 0. The van der Waals surface area contributed by atoms with Gasteiger partial charge in [-0.1, -0.05) is 11.6 Å². The second-order valence-electron chi connectivity index (χ2n) is 3.34. The maximum absolute atomic E-state index is 13.5. The molecule has 2 rings (SSSR count). The van der Waals surface area contributed by atoms with Crippen molar-refractivity contribution in [3.05, 3.63) is 34.4 Å². The maximum atomic E-state index is 13.5. The van der Waals surface area contributed by atoms with Gasteiger partial charge in [0.25, 0.3) is 0 Å². The molecule has 5 heteroatoms. The van der Waals surface area contributed by atoms with Gasteiger partial charge in [0.1, 0.15) is 11.6 Å². The van der Waals surface area contributed by atoms with Gasteiger partial charge in [-0.05, 0) is 12.1 Å². The highest BCUT2D eigenvalue weighted by Crippen LogP contribution is 2.29. The molecule has 82 valence electrons. The van der Waals surface area contributed by atoms with E-state index in [1.54, 1.807) is 0 Å². The van der Waals surface area contributed by atoms with Gasteiger partial charge in [0.15, 0.2) is 0 Å². The van der Waals surface area contributed by atoms with E-state index in [0.717, 1.165) is 12.1 Å². The van der Waals surface area contributed by atoms with E-state index in [1.165, 1.54) is 0 Å². The van der Waals surface area contributed by atoms with Gasteiger partial charge in [-0.15, -0.1) is 0 Å². The Labute approximate surface area is 91.2 Å². The first-order valence-corrected chi connectivity index (χ1v) is 5.02. The number of hydrogen-bond donors (Lipinski definition) is 1. The fourth-order valence-electron chi connectivity index (χ4n) is 1.61. The van der Waals surface area contributed by atoms with E-state index in [9.17, 15) is 8.78 Å². The molecule has 1 heterocycles. The van der Waals surface area contributed by atoms with Crippen LogP contribution >= 0.6 is 11.6 Å². The highest BCUT2D eigenvalue weighted by atomic mass is 35.5. The van der Waals surface area contributed by atoms with Crippen LogP contribution in [0.5, 0.6) is 0 Å². The quantitative estimate of drug-likeness (QED) is 0.752. The highest BCUT2D eigenvalue weighted by molar-refractivity contribution is 6.31. The van der Waals surface area contributed by atoms with Gasteiger partial charge in [-0.2, -0.15) is 0 Å². The fraction of sp³-hybridized carbons (Fsp3) is 0.400. The number of morpholine rings is 1. The maximum Gasteiger partial charge on any atom is 0.142 e. The minimum Gasteiger partial charge on any atom is -0.378 e. The first kappa shape index (κ1) is 10.8. The second-order valence-corrected chi connectivity index (χ2v) is 3.72. The van der Waals surface area contributed by atoms with Crippen LogP contribution in [-0.4, -0.2) is 19.8 Å². The standard InChI is InChI=1S/C10H10ClF2NO/c11-10-7(13)2-1-6(12)9(10)8-5-15-4-3-14-8/h1-2,8,14H,3-5H2/t8-/m0/s1. The molecule has 1 aromatic carbocycles. The van der Waals surface area contributed by atoms with Gasteiger partial charge in [0.2, 0.25) is 0 Å². The molecule has 1 saturated heterocycles. The Kier molecular flexibility index (Phi) is 3.19. The Morgan fingerprint density at radius 3 is 2.73 bits per heavy atom. The number of nitrogens with one attached hydrogen (secondary N) is 1. The van der Waals surface area contributed by atoms with Crippen molar-refractivity contribution in [3.63, 3.8) is 0 Å². The van der Waals surface area contributed by atoms with Crippen LogP contribution in [-0.2, 0) is 4.74 Å². The minimum absolute atomic E-state index is 0.149. The molecule has 1 N–H and O–H groups in total. The molecule has 2 nitrogen and oxygen atoms in total. The summed E-state index contributed by atoms with van der Waals surface area (Å²) in [7, 11) is 0. The Bertz CT molecular complexity index is 367. The summed E-state index contributed by atoms with van der Waals surface area (Å²) in [5.41, 5.74) is 0.149. The number of ether oxygens (including phenoxy) is 1. The van der Waals surface area contributed by atoms with E-state index in [2.05, 4.69) is 5.32 Å². The Morgan fingerprint density at radius 2 is 2.07 bits per heavy atom. The summed E-state index contributed by atoms with van der Waals surface area (Å²) in [4.78, 5) is 0. The summed E-state index contributed by atoms with van der Waals surface area (Å²) in [6.45, 7) is 1.49. The van der Waals surface area contributed by atoms with Gasteiger partial charge in [0, 0.05) is 12.1 Å². The van der Waals surface area contributed by atoms with Crippen molar-refractivity contribution in [1.82, 2.24) is 5.32 Å². The zero-order valence-electron chi connectivity index (χ0n) is 7.90. The molecule has 0 aliphatic carbocycles. The average molecular weight is 234 g/mol. The Hall–Kier alpha value is -0.710. The van der Waals surface area contributed by atoms with Gasteiger partial charge < -0.3 is 10.1 Å². The molecular weight excluding hydrogens is 224 g/mol. The number of halogens is 3. The molecule has 1 aliphatic rings. The first-order valence-electron chi connectivity index (χ1n) is 4.64. The fourth-order valence-corrected chi connectivity index (χ4v) is 1.90. The second kappa shape index (κ2) is 4.43. The van der Waals surface area contributed by atoms with Crippen molar-refractivity contribution in [2.24, 2.45) is 0 Å². The number of hydrogen-bond acceptors (Lipinski definition) is 2. The minimum atomic E-state index is -0.611. The van der Waals surface area contributed by atoms with Crippen LogP contribution < -0.4 is 5.32 Å². The van der Waals surface area contributed by atoms with E-state index in [1.807, 2.05) is 0 Å². The normalized spacial score (nSPS) is 21.7. The Balaban J connectivity index is 2.36. The SMILES string of the molecule is Fc1ccc(F)c([C@@H]2COCCN2)c1Cl. The van der Waals surface area contributed by atoms with Crippen LogP contribution in [0.4, 0.5) is 8.78 Å². The molecule has 0 amide bonds. The van der Waals surface area contributed by atoms with Crippen molar-refractivity contribution in [3.8, 4) is 0 Å². The van der Waals surface area contributed by atoms with Crippen LogP contribution in [0.15, 0.2) is 12.1 Å². The zero-order valence-corrected chi connectivity index (χ0v) is 8.65. The van der Waals surface area contributed by atoms with Crippen molar-refractivity contribution in [2.75, 3.05) is 19.8 Å². The van der Waals surface area contributed by atoms with E-state index < -0.39 is 11.6 Å². The molecule has 1 atom stereocenters. The topological polar surface area (TPSA) is 21.3 Å². The molecule has 0 spiro atoms. The monoisotopic (exact) mass is 233 g/mol. The third-order valence-electron chi connectivity index (χ3n) is 2.35. The number of benzene rings is 1. The lowest BCUT2D eigenvalue weighted by atomic mass is 10.1. The molecule has 0 radical (unpaired) electrons. The lowest BCUT2D eigenvalue weighted by Gasteiger charge is -2.25. The summed E-state index contributed by atoms with van der Waals surface area (Å²) in [5, 5.41) is 2.86. The molecule has 0 unspecified atom stereocenters. The predicted molar refractivity (Wildman–Crippen MR) is 52.9 cm³/mol. The smallest absolute Gasteiger partial charge is 0.142 e. The van der Waals surface area contributed by atoms with Crippen molar-refractivity contribution >= 4 is 11.6 Å². The molecule has 1 aromatic rings. The van der Waals surface area contributed by atoms with E-state index >= 15 is 0 Å². The van der Waals surface area contributed by atoms with Crippen LogP contribution in [0.1, 0.15) is 11.6 Å². The predicted octanol–water partition coefficient (Wildman–Crippen LogP) is 2.28. The molecule has 15 heavy (non-hydrogen) atoms. The summed E-state index contributed by atoms with van der Waals surface area (Å²) in [6, 6.07) is 1.72. The molecule has 1 fully saturated rings. The van der Waals surface area contributed by atoms with Crippen LogP contribution in [0.25, 0.3) is 0 Å². The van der Waals surface area contributed by atoms with Crippen LogP contribution in [0, 0.1) is 11.6 Å². The lowest BCUT2D eigenvalue weighted by Crippen LogP contribution is -2.35. The average Bonchev–Trinajstić information content (AvgIpc) is 2.26. The third-order valence-corrected chi connectivity index (χ3v) is 2.73. The van der Waals surface area contributed by atoms with E-state index in [0.29, 0.717) is 19.8 Å². The largest absolute Gasteiger partial charge is 0.378 e. The summed E-state index contributed by atoms with van der Waals surface area (Å²) < 4.78 is 31.8. The molecule has 0 bridgehead atoms. The Morgan fingerprint density at radius 1 is 1.33 bits per heavy atom.